The topological polar surface area (TPSA) is 38.0 Å². The first-order valence-corrected chi connectivity index (χ1v) is 8.87. The average molecular weight is 292 g/mol. The lowest BCUT2D eigenvalue weighted by Crippen LogP contribution is -2.44. The van der Waals surface area contributed by atoms with Crippen molar-refractivity contribution < 1.29 is 0 Å². The lowest BCUT2D eigenvalue weighted by Gasteiger charge is -2.33. The Hall–Kier alpha value is -0.510. The van der Waals surface area contributed by atoms with Crippen LogP contribution in [0.15, 0.2) is 29.2 Å². The molecule has 0 heterocycles. The van der Waals surface area contributed by atoms with E-state index >= 15 is 0 Å². The number of thioether (sulfide) groups is 1. The van der Waals surface area contributed by atoms with E-state index in [2.05, 4.69) is 43.5 Å². The Morgan fingerprint density at radius 2 is 2.05 bits per heavy atom. The minimum Gasteiger partial charge on any atom is -0.271 e. The van der Waals surface area contributed by atoms with Gasteiger partial charge in [-0.2, -0.15) is 0 Å². The fraction of sp³-hybridized carbons (Fsp3) is 0.647. The summed E-state index contributed by atoms with van der Waals surface area (Å²) >= 11 is 1.92. The fourth-order valence-corrected chi connectivity index (χ4v) is 4.39. The summed E-state index contributed by atoms with van der Waals surface area (Å²) in [7, 11) is 0. The molecular weight excluding hydrogens is 264 g/mol. The predicted molar refractivity (Wildman–Crippen MR) is 88.8 cm³/mol. The number of hydrazine groups is 1. The molecule has 0 aliphatic heterocycles. The van der Waals surface area contributed by atoms with Crippen molar-refractivity contribution >= 4 is 11.8 Å². The van der Waals surface area contributed by atoms with Gasteiger partial charge in [-0.15, -0.1) is 11.8 Å². The summed E-state index contributed by atoms with van der Waals surface area (Å²) in [5.41, 5.74) is 4.40. The lowest BCUT2D eigenvalue weighted by molar-refractivity contribution is 0.228. The van der Waals surface area contributed by atoms with E-state index in [-0.39, 0.29) is 0 Å². The maximum Gasteiger partial charge on any atom is 0.0332 e. The van der Waals surface area contributed by atoms with Gasteiger partial charge in [0.2, 0.25) is 0 Å². The molecule has 3 N–H and O–H groups in total. The summed E-state index contributed by atoms with van der Waals surface area (Å²) in [6.45, 7) is 4.46. The minimum absolute atomic E-state index is 0.443. The number of aryl methyl sites for hydroxylation is 1. The molecule has 2 nitrogen and oxygen atoms in total. The molecule has 0 bridgehead atoms. The Bertz CT molecular complexity index is 400. The molecule has 0 spiro atoms. The monoisotopic (exact) mass is 292 g/mol. The van der Waals surface area contributed by atoms with Crippen molar-refractivity contribution in [3.05, 3.63) is 29.8 Å². The Balaban J connectivity index is 1.83. The van der Waals surface area contributed by atoms with Gasteiger partial charge in [-0.3, -0.25) is 11.3 Å². The van der Waals surface area contributed by atoms with Gasteiger partial charge >= 0.3 is 0 Å². The molecule has 0 aromatic heterocycles. The van der Waals surface area contributed by atoms with Crippen LogP contribution in [0.5, 0.6) is 0 Å². The lowest BCUT2D eigenvalue weighted by atomic mass is 9.78. The van der Waals surface area contributed by atoms with Gasteiger partial charge in [0.15, 0.2) is 0 Å². The summed E-state index contributed by atoms with van der Waals surface area (Å²) < 4.78 is 0. The van der Waals surface area contributed by atoms with Crippen LogP contribution in [0.3, 0.4) is 0 Å². The average Bonchev–Trinajstić information content (AvgIpc) is 2.48. The second kappa shape index (κ2) is 8.06. The van der Waals surface area contributed by atoms with Gasteiger partial charge in [0.05, 0.1) is 0 Å². The van der Waals surface area contributed by atoms with Crippen molar-refractivity contribution in [2.24, 2.45) is 17.7 Å². The molecule has 112 valence electrons. The third-order valence-corrected chi connectivity index (χ3v) is 5.78. The van der Waals surface area contributed by atoms with Crippen LogP contribution in [0.1, 0.15) is 44.6 Å². The highest BCUT2D eigenvalue weighted by atomic mass is 32.2. The van der Waals surface area contributed by atoms with E-state index in [1.165, 1.54) is 42.6 Å². The van der Waals surface area contributed by atoms with Crippen molar-refractivity contribution in [3.8, 4) is 0 Å². The zero-order chi connectivity index (χ0) is 14.4. The highest BCUT2D eigenvalue weighted by Crippen LogP contribution is 2.34. The van der Waals surface area contributed by atoms with E-state index in [9.17, 15) is 0 Å². The Morgan fingerprint density at radius 3 is 2.65 bits per heavy atom. The number of benzene rings is 1. The Labute approximate surface area is 127 Å². The minimum atomic E-state index is 0.443. The molecule has 20 heavy (non-hydrogen) atoms. The SMILES string of the molecule is CCC1CCC(C(CSc2cccc(C)c2)NN)CC1. The molecule has 0 radical (unpaired) electrons. The smallest absolute Gasteiger partial charge is 0.0332 e. The zero-order valence-corrected chi connectivity index (χ0v) is 13.6. The van der Waals surface area contributed by atoms with Gasteiger partial charge in [0.25, 0.3) is 0 Å². The van der Waals surface area contributed by atoms with E-state index in [1.54, 1.807) is 0 Å². The number of hydrogen-bond donors (Lipinski definition) is 2. The van der Waals surface area contributed by atoms with Crippen LogP contribution >= 0.6 is 11.8 Å². The third-order valence-electron chi connectivity index (χ3n) is 4.67. The number of hydrogen-bond acceptors (Lipinski definition) is 3. The summed E-state index contributed by atoms with van der Waals surface area (Å²) in [4.78, 5) is 1.35. The molecule has 1 unspecified atom stereocenters. The van der Waals surface area contributed by atoms with E-state index in [4.69, 9.17) is 5.84 Å². The predicted octanol–water partition coefficient (Wildman–Crippen LogP) is 4.14. The highest BCUT2D eigenvalue weighted by molar-refractivity contribution is 7.99. The molecule has 0 amide bonds. The second-order valence-electron chi connectivity index (χ2n) is 6.09. The molecule has 0 saturated heterocycles. The third kappa shape index (κ3) is 4.51. The Kier molecular flexibility index (Phi) is 6.40. The maximum atomic E-state index is 5.80. The number of nitrogens with one attached hydrogen (secondary N) is 1. The van der Waals surface area contributed by atoms with Crippen LogP contribution in [0.2, 0.25) is 0 Å². The molecule has 1 aliphatic carbocycles. The molecule has 1 aromatic rings. The molecule has 1 aliphatic rings. The van der Waals surface area contributed by atoms with Crippen LogP contribution in [-0.2, 0) is 0 Å². The first-order chi connectivity index (χ1) is 9.72. The van der Waals surface area contributed by atoms with Crippen molar-refractivity contribution in [3.63, 3.8) is 0 Å². The summed E-state index contributed by atoms with van der Waals surface area (Å²) in [6, 6.07) is 9.17. The van der Waals surface area contributed by atoms with Crippen molar-refractivity contribution in [2.75, 3.05) is 5.75 Å². The van der Waals surface area contributed by atoms with Crippen LogP contribution in [-0.4, -0.2) is 11.8 Å². The van der Waals surface area contributed by atoms with Gasteiger partial charge in [0.1, 0.15) is 0 Å². The van der Waals surface area contributed by atoms with E-state index in [0.717, 1.165) is 17.6 Å². The van der Waals surface area contributed by atoms with E-state index < -0.39 is 0 Å². The van der Waals surface area contributed by atoms with Gasteiger partial charge in [-0.25, -0.2) is 0 Å². The largest absolute Gasteiger partial charge is 0.271 e. The zero-order valence-electron chi connectivity index (χ0n) is 12.8. The van der Waals surface area contributed by atoms with Crippen molar-refractivity contribution in [2.45, 2.75) is 56.9 Å². The van der Waals surface area contributed by atoms with E-state index in [0.29, 0.717) is 6.04 Å². The van der Waals surface area contributed by atoms with Gasteiger partial charge in [-0.1, -0.05) is 43.9 Å². The maximum absolute atomic E-state index is 5.80. The standard InChI is InChI=1S/C17H28N2S/c1-3-14-7-9-15(10-8-14)17(19-18)12-20-16-6-4-5-13(2)11-16/h4-6,11,14-15,17,19H,3,7-10,12,18H2,1-2H3. The van der Waals surface area contributed by atoms with Gasteiger partial charge < -0.3 is 0 Å². The molecule has 1 fully saturated rings. The first-order valence-electron chi connectivity index (χ1n) is 7.88. The fourth-order valence-electron chi connectivity index (χ4n) is 3.21. The normalized spacial score (nSPS) is 24.6. The summed E-state index contributed by atoms with van der Waals surface area (Å²) in [5, 5.41) is 0. The Morgan fingerprint density at radius 1 is 1.30 bits per heavy atom. The number of nitrogens with two attached hydrogens (primary N) is 1. The quantitative estimate of drug-likeness (QED) is 0.470. The van der Waals surface area contributed by atoms with E-state index in [1.807, 2.05) is 11.8 Å². The molecule has 1 aromatic carbocycles. The van der Waals surface area contributed by atoms with Gasteiger partial charge in [-0.05, 0) is 43.7 Å². The van der Waals surface area contributed by atoms with Crippen molar-refractivity contribution in [1.82, 2.24) is 5.43 Å². The van der Waals surface area contributed by atoms with Crippen molar-refractivity contribution in [1.29, 1.82) is 0 Å². The highest BCUT2D eigenvalue weighted by Gasteiger charge is 2.26. The summed E-state index contributed by atoms with van der Waals surface area (Å²) in [5.74, 6) is 8.58. The first kappa shape index (κ1) is 15.9. The van der Waals surface area contributed by atoms with Crippen LogP contribution in [0, 0.1) is 18.8 Å². The van der Waals surface area contributed by atoms with Gasteiger partial charge in [0, 0.05) is 16.7 Å². The summed E-state index contributed by atoms with van der Waals surface area (Å²) in [6.07, 6.45) is 6.78. The molecule has 1 atom stereocenters. The molecule has 2 rings (SSSR count). The second-order valence-corrected chi connectivity index (χ2v) is 7.18. The van der Waals surface area contributed by atoms with Crippen LogP contribution in [0.4, 0.5) is 0 Å². The number of rotatable bonds is 6. The van der Waals surface area contributed by atoms with Crippen LogP contribution < -0.4 is 11.3 Å². The molecule has 3 heteroatoms. The molecule has 1 saturated carbocycles. The van der Waals surface area contributed by atoms with Crippen LogP contribution in [0.25, 0.3) is 0 Å². The molecular formula is C17H28N2S.